The maximum Gasteiger partial charge on any atom is 0.249 e. The molecule has 0 spiro atoms. The quantitative estimate of drug-likeness (QED) is 0.827. The molecular formula is C22H25NO3. The lowest BCUT2D eigenvalue weighted by molar-refractivity contribution is -0.132. The molecule has 1 aliphatic heterocycles. The fraction of sp³-hybridized carbons (Fsp3) is 0.409. The number of nitrogens with one attached hydrogen (secondary N) is 1. The zero-order chi connectivity index (χ0) is 17.9. The van der Waals surface area contributed by atoms with Gasteiger partial charge in [-0.05, 0) is 60.1 Å². The summed E-state index contributed by atoms with van der Waals surface area (Å²) in [5, 5.41) is 2.96. The van der Waals surface area contributed by atoms with Crippen molar-refractivity contribution in [2.75, 3.05) is 13.2 Å². The van der Waals surface area contributed by atoms with Crippen LogP contribution in [-0.2, 0) is 22.5 Å². The molecule has 4 heteroatoms. The zero-order valence-corrected chi connectivity index (χ0v) is 15.2. The fourth-order valence-corrected chi connectivity index (χ4v) is 3.15. The molecule has 0 aromatic heterocycles. The van der Waals surface area contributed by atoms with Gasteiger partial charge in [-0.1, -0.05) is 30.3 Å². The van der Waals surface area contributed by atoms with Crippen LogP contribution in [-0.4, -0.2) is 25.2 Å². The summed E-state index contributed by atoms with van der Waals surface area (Å²) in [5.74, 6) is 1.63. The van der Waals surface area contributed by atoms with Crippen LogP contribution in [0.2, 0.25) is 0 Å². The zero-order valence-electron chi connectivity index (χ0n) is 15.2. The van der Waals surface area contributed by atoms with Gasteiger partial charge in [0, 0.05) is 13.0 Å². The lowest BCUT2D eigenvalue weighted by atomic mass is 10.0. The van der Waals surface area contributed by atoms with E-state index in [1.54, 1.807) is 0 Å². The molecule has 4 nitrogen and oxygen atoms in total. The van der Waals surface area contributed by atoms with Crippen molar-refractivity contribution in [1.82, 2.24) is 5.32 Å². The standard InChI is InChI=1S/C22H25NO3/c1-15(26-14-17-2-3-17)22(24)23-13-16-4-6-18(7-5-16)19-8-9-21-20(12-19)10-11-25-21/h4-9,12,15,17H,2-3,10-11,13-14H2,1H3,(H,23,24). The van der Waals surface area contributed by atoms with Crippen molar-refractivity contribution in [3.8, 4) is 16.9 Å². The van der Waals surface area contributed by atoms with E-state index in [0.717, 1.165) is 24.3 Å². The number of ether oxygens (including phenoxy) is 2. The van der Waals surface area contributed by atoms with Crippen LogP contribution in [0.25, 0.3) is 11.1 Å². The number of fused-ring (bicyclic) bond motifs is 1. The van der Waals surface area contributed by atoms with Crippen LogP contribution in [0.5, 0.6) is 5.75 Å². The molecule has 136 valence electrons. The molecule has 1 aliphatic carbocycles. The molecule has 1 saturated carbocycles. The van der Waals surface area contributed by atoms with E-state index in [4.69, 9.17) is 9.47 Å². The third-order valence-corrected chi connectivity index (χ3v) is 5.09. The van der Waals surface area contributed by atoms with Gasteiger partial charge in [0.15, 0.2) is 0 Å². The molecule has 0 bridgehead atoms. The summed E-state index contributed by atoms with van der Waals surface area (Å²) in [6.07, 6.45) is 3.06. The van der Waals surface area contributed by atoms with E-state index < -0.39 is 0 Å². The van der Waals surface area contributed by atoms with Crippen LogP contribution in [0.15, 0.2) is 42.5 Å². The van der Waals surface area contributed by atoms with Crippen molar-refractivity contribution in [2.45, 2.75) is 38.8 Å². The van der Waals surface area contributed by atoms with Gasteiger partial charge >= 0.3 is 0 Å². The van der Waals surface area contributed by atoms with E-state index >= 15 is 0 Å². The van der Waals surface area contributed by atoms with E-state index in [2.05, 4.69) is 47.8 Å². The van der Waals surface area contributed by atoms with Crippen LogP contribution < -0.4 is 10.1 Å². The molecule has 0 radical (unpaired) electrons. The number of hydrogen-bond donors (Lipinski definition) is 1. The van der Waals surface area contributed by atoms with Crippen molar-refractivity contribution in [3.63, 3.8) is 0 Å². The Kier molecular flexibility index (Phi) is 4.93. The van der Waals surface area contributed by atoms with Crippen LogP contribution in [0.3, 0.4) is 0 Å². The summed E-state index contributed by atoms with van der Waals surface area (Å²) in [6.45, 7) is 3.82. The molecule has 2 aromatic carbocycles. The summed E-state index contributed by atoms with van der Waals surface area (Å²) in [4.78, 5) is 12.1. The molecule has 2 aliphatic rings. The molecule has 4 rings (SSSR count). The molecule has 0 saturated heterocycles. The molecular weight excluding hydrogens is 326 g/mol. The highest BCUT2D eigenvalue weighted by Gasteiger charge is 2.23. The van der Waals surface area contributed by atoms with Crippen molar-refractivity contribution in [3.05, 3.63) is 53.6 Å². The minimum absolute atomic E-state index is 0.0478. The molecule has 1 heterocycles. The number of hydrogen-bond acceptors (Lipinski definition) is 3. The summed E-state index contributed by atoms with van der Waals surface area (Å²) in [6, 6.07) is 14.7. The Bertz CT molecular complexity index is 780. The summed E-state index contributed by atoms with van der Waals surface area (Å²) in [5.41, 5.74) is 4.74. The van der Waals surface area contributed by atoms with Crippen molar-refractivity contribution in [1.29, 1.82) is 0 Å². The molecule has 1 atom stereocenters. The van der Waals surface area contributed by atoms with Crippen molar-refractivity contribution >= 4 is 5.91 Å². The smallest absolute Gasteiger partial charge is 0.249 e. The predicted molar refractivity (Wildman–Crippen MR) is 101 cm³/mol. The number of carbonyl (C=O) groups is 1. The first-order valence-corrected chi connectivity index (χ1v) is 9.43. The monoisotopic (exact) mass is 351 g/mol. The molecule has 26 heavy (non-hydrogen) atoms. The van der Waals surface area contributed by atoms with Crippen LogP contribution in [0.1, 0.15) is 30.9 Å². The number of rotatable bonds is 7. The fourth-order valence-electron chi connectivity index (χ4n) is 3.15. The number of carbonyl (C=O) groups excluding carboxylic acids is 1. The van der Waals surface area contributed by atoms with Crippen LogP contribution in [0.4, 0.5) is 0 Å². The number of amides is 1. The minimum Gasteiger partial charge on any atom is -0.493 e. The third-order valence-electron chi connectivity index (χ3n) is 5.09. The molecule has 1 fully saturated rings. The van der Waals surface area contributed by atoms with Gasteiger partial charge in [0.2, 0.25) is 5.91 Å². The second-order valence-electron chi connectivity index (χ2n) is 7.25. The first-order chi connectivity index (χ1) is 12.7. The normalized spacial score (nSPS) is 16.7. The van der Waals surface area contributed by atoms with E-state index in [9.17, 15) is 4.79 Å². The lowest BCUT2D eigenvalue weighted by Gasteiger charge is -2.13. The van der Waals surface area contributed by atoms with Gasteiger partial charge in [-0.2, -0.15) is 0 Å². The second kappa shape index (κ2) is 7.50. The van der Waals surface area contributed by atoms with Crippen LogP contribution in [0, 0.1) is 5.92 Å². The first kappa shape index (κ1) is 17.1. The van der Waals surface area contributed by atoms with Gasteiger partial charge in [-0.15, -0.1) is 0 Å². The SMILES string of the molecule is CC(OCC1CC1)C(=O)NCc1ccc(-c2ccc3c(c2)CCO3)cc1. The summed E-state index contributed by atoms with van der Waals surface area (Å²) in [7, 11) is 0. The first-order valence-electron chi connectivity index (χ1n) is 9.43. The van der Waals surface area contributed by atoms with Crippen molar-refractivity contribution in [2.24, 2.45) is 5.92 Å². The Morgan fingerprint density at radius 3 is 2.73 bits per heavy atom. The highest BCUT2D eigenvalue weighted by Crippen LogP contribution is 2.31. The Morgan fingerprint density at radius 1 is 1.19 bits per heavy atom. The van der Waals surface area contributed by atoms with Gasteiger partial charge < -0.3 is 14.8 Å². The van der Waals surface area contributed by atoms with Gasteiger partial charge in [-0.25, -0.2) is 0 Å². The second-order valence-corrected chi connectivity index (χ2v) is 7.25. The number of benzene rings is 2. The lowest BCUT2D eigenvalue weighted by Crippen LogP contribution is -2.34. The highest BCUT2D eigenvalue weighted by molar-refractivity contribution is 5.80. The van der Waals surface area contributed by atoms with Gasteiger partial charge in [0.25, 0.3) is 0 Å². The Balaban J connectivity index is 1.32. The summed E-state index contributed by atoms with van der Waals surface area (Å²) < 4.78 is 11.2. The average molecular weight is 351 g/mol. The molecule has 1 amide bonds. The molecule has 2 aromatic rings. The minimum atomic E-state index is -0.386. The van der Waals surface area contributed by atoms with E-state index in [0.29, 0.717) is 19.1 Å². The van der Waals surface area contributed by atoms with Crippen molar-refractivity contribution < 1.29 is 14.3 Å². The van der Waals surface area contributed by atoms with Gasteiger partial charge in [0.1, 0.15) is 11.9 Å². The predicted octanol–water partition coefficient (Wildman–Crippen LogP) is 3.72. The Hall–Kier alpha value is -2.33. The summed E-state index contributed by atoms with van der Waals surface area (Å²) >= 11 is 0. The molecule has 1 unspecified atom stereocenters. The van der Waals surface area contributed by atoms with E-state index in [1.165, 1.54) is 29.5 Å². The largest absolute Gasteiger partial charge is 0.493 e. The topological polar surface area (TPSA) is 47.6 Å². The van der Waals surface area contributed by atoms with Gasteiger partial charge in [-0.3, -0.25) is 4.79 Å². The third kappa shape index (κ3) is 4.07. The Morgan fingerprint density at radius 2 is 1.96 bits per heavy atom. The highest BCUT2D eigenvalue weighted by atomic mass is 16.5. The average Bonchev–Trinajstić information content (AvgIpc) is 3.39. The van der Waals surface area contributed by atoms with E-state index in [-0.39, 0.29) is 12.0 Å². The van der Waals surface area contributed by atoms with Gasteiger partial charge in [0.05, 0.1) is 13.2 Å². The maximum atomic E-state index is 12.1. The van der Waals surface area contributed by atoms with Crippen LogP contribution >= 0.6 is 0 Å². The maximum absolute atomic E-state index is 12.1. The molecule has 1 N–H and O–H groups in total. The Labute approximate surface area is 154 Å². The van der Waals surface area contributed by atoms with E-state index in [1.807, 2.05) is 6.92 Å².